The number of allylic oxidation sites excluding steroid dienone is 2. The van der Waals surface area contributed by atoms with Crippen LogP contribution < -0.4 is 0 Å². The third-order valence-corrected chi connectivity index (χ3v) is 5.96. The summed E-state index contributed by atoms with van der Waals surface area (Å²) in [7, 11) is 0. The van der Waals surface area contributed by atoms with Crippen LogP contribution in [0.4, 0.5) is 0 Å². The molecule has 1 aromatic heterocycles. The number of aliphatic imine (C=N–C) groups is 2. The van der Waals surface area contributed by atoms with Crippen molar-refractivity contribution in [2.75, 3.05) is 0 Å². The molecule has 0 saturated heterocycles. The van der Waals surface area contributed by atoms with Crippen LogP contribution in [-0.4, -0.2) is 27.5 Å². The van der Waals surface area contributed by atoms with Crippen molar-refractivity contribution >= 4 is 28.5 Å². The van der Waals surface area contributed by atoms with E-state index in [0.717, 1.165) is 39.1 Å². The Morgan fingerprint density at radius 2 is 1.68 bits per heavy atom. The highest BCUT2D eigenvalue weighted by Gasteiger charge is 2.21. The molecule has 3 heterocycles. The fourth-order valence-electron chi connectivity index (χ4n) is 4.28. The maximum atomic E-state index is 13.7. The number of benzene rings is 3. The van der Waals surface area contributed by atoms with Crippen LogP contribution in [0.15, 0.2) is 119 Å². The Morgan fingerprint density at radius 3 is 2.59 bits per heavy atom. The van der Waals surface area contributed by atoms with E-state index in [1.165, 1.54) is 0 Å². The number of para-hydroxylation sites is 1. The molecule has 0 unspecified atom stereocenters. The van der Waals surface area contributed by atoms with Gasteiger partial charge in [0.05, 0.1) is 16.8 Å². The Hall–Kier alpha value is -4.64. The molecule has 34 heavy (non-hydrogen) atoms. The van der Waals surface area contributed by atoms with E-state index in [1.807, 2.05) is 103 Å². The molecule has 0 bridgehead atoms. The van der Waals surface area contributed by atoms with Gasteiger partial charge in [-0.1, -0.05) is 78.9 Å². The summed E-state index contributed by atoms with van der Waals surface area (Å²) >= 11 is 0. The molecule has 0 fully saturated rings. The van der Waals surface area contributed by atoms with Crippen LogP contribution in [0.5, 0.6) is 0 Å². The van der Waals surface area contributed by atoms with Gasteiger partial charge in [0.1, 0.15) is 5.84 Å². The van der Waals surface area contributed by atoms with Crippen molar-refractivity contribution in [3.05, 3.63) is 126 Å². The first-order valence-corrected chi connectivity index (χ1v) is 11.1. The topological polar surface area (TPSA) is 57.9 Å². The molecule has 0 radical (unpaired) electrons. The molecular formula is C29H20N4O. The van der Waals surface area contributed by atoms with E-state index in [-0.39, 0.29) is 5.91 Å². The number of hydrogen-bond donors (Lipinski definition) is 0. The van der Waals surface area contributed by atoms with Gasteiger partial charge in [0.2, 0.25) is 0 Å². The van der Waals surface area contributed by atoms with Crippen LogP contribution in [0.3, 0.4) is 0 Å². The minimum atomic E-state index is -0.339. The summed E-state index contributed by atoms with van der Waals surface area (Å²) in [6.07, 6.45) is 7.83. The molecule has 6 rings (SSSR count). The molecule has 162 valence electrons. The van der Waals surface area contributed by atoms with Gasteiger partial charge in [0, 0.05) is 29.3 Å². The molecule has 0 aliphatic carbocycles. The number of amidine groups is 2. The highest BCUT2D eigenvalue weighted by molar-refractivity contribution is 6.18. The van der Waals surface area contributed by atoms with E-state index in [1.54, 1.807) is 0 Å². The lowest BCUT2D eigenvalue weighted by Gasteiger charge is -2.20. The van der Waals surface area contributed by atoms with Crippen molar-refractivity contribution in [1.82, 2.24) is 9.88 Å². The molecule has 0 N–H and O–H groups in total. The molecule has 1 amide bonds. The largest absolute Gasteiger partial charge is 0.329 e. The SMILES string of the molecule is O=C(N=C1N=C2C=CC=CN2Cc2ccccc21)c1cc(-c2ccccc2)nc2ccccc12. The van der Waals surface area contributed by atoms with Crippen molar-refractivity contribution in [2.45, 2.75) is 6.54 Å². The highest BCUT2D eigenvalue weighted by atomic mass is 16.1. The van der Waals surface area contributed by atoms with Crippen LogP contribution in [0.1, 0.15) is 21.5 Å². The van der Waals surface area contributed by atoms with Crippen molar-refractivity contribution in [2.24, 2.45) is 9.98 Å². The van der Waals surface area contributed by atoms with Crippen molar-refractivity contribution in [3.8, 4) is 11.3 Å². The standard InChI is InChI=1S/C29H20N4O/c34-29(24-18-26(20-10-2-1-3-11-20)30-25-15-7-6-14-23(24)25)32-28-22-13-5-4-12-21(22)19-33-17-9-8-16-27(33)31-28/h1-18H,19H2. The Morgan fingerprint density at radius 1 is 0.882 bits per heavy atom. The molecule has 5 heteroatoms. The fourth-order valence-corrected chi connectivity index (χ4v) is 4.28. The monoisotopic (exact) mass is 440 g/mol. The lowest BCUT2D eigenvalue weighted by Crippen LogP contribution is -2.24. The normalized spacial score (nSPS) is 15.6. The molecular weight excluding hydrogens is 420 g/mol. The van der Waals surface area contributed by atoms with Gasteiger partial charge in [-0.15, -0.1) is 0 Å². The first kappa shape index (κ1) is 20.0. The molecule has 2 aliphatic heterocycles. The summed E-state index contributed by atoms with van der Waals surface area (Å²) in [5.74, 6) is 0.837. The number of carbonyl (C=O) groups is 1. The molecule has 3 aromatic carbocycles. The number of rotatable bonds is 2. The Kier molecular flexibility index (Phi) is 4.92. The van der Waals surface area contributed by atoms with Crippen LogP contribution in [-0.2, 0) is 6.54 Å². The minimum absolute atomic E-state index is 0.339. The van der Waals surface area contributed by atoms with Crippen LogP contribution in [0, 0.1) is 0 Å². The van der Waals surface area contributed by atoms with Gasteiger partial charge in [-0.2, -0.15) is 4.99 Å². The minimum Gasteiger partial charge on any atom is -0.329 e. The van der Waals surface area contributed by atoms with Crippen molar-refractivity contribution < 1.29 is 4.79 Å². The molecule has 2 aliphatic rings. The van der Waals surface area contributed by atoms with Gasteiger partial charge in [0.15, 0.2) is 5.84 Å². The second-order valence-electron chi connectivity index (χ2n) is 8.13. The zero-order valence-corrected chi connectivity index (χ0v) is 18.3. The summed E-state index contributed by atoms with van der Waals surface area (Å²) in [6.45, 7) is 0.666. The number of amides is 1. The number of carbonyl (C=O) groups excluding carboxylic acids is 1. The third kappa shape index (κ3) is 3.63. The van der Waals surface area contributed by atoms with Gasteiger partial charge < -0.3 is 4.90 Å². The van der Waals surface area contributed by atoms with Gasteiger partial charge >= 0.3 is 0 Å². The van der Waals surface area contributed by atoms with Crippen LogP contribution in [0.2, 0.25) is 0 Å². The van der Waals surface area contributed by atoms with E-state index in [2.05, 4.69) is 16.0 Å². The van der Waals surface area contributed by atoms with Gasteiger partial charge in [-0.3, -0.25) is 4.79 Å². The van der Waals surface area contributed by atoms with Crippen LogP contribution >= 0.6 is 0 Å². The Balaban J connectivity index is 1.52. The van der Waals surface area contributed by atoms with E-state index in [4.69, 9.17) is 9.98 Å². The zero-order chi connectivity index (χ0) is 22.9. The lowest BCUT2D eigenvalue weighted by molar-refractivity contribution is 0.100. The summed E-state index contributed by atoms with van der Waals surface area (Å²) in [4.78, 5) is 29.9. The Bertz CT molecular complexity index is 1550. The van der Waals surface area contributed by atoms with Crippen molar-refractivity contribution in [3.63, 3.8) is 0 Å². The Labute approximate surface area is 197 Å². The summed E-state index contributed by atoms with van der Waals surface area (Å²) in [5, 5.41) is 0.771. The highest BCUT2D eigenvalue weighted by Crippen LogP contribution is 2.26. The number of aromatic nitrogens is 1. The van der Waals surface area contributed by atoms with Crippen LogP contribution in [0.25, 0.3) is 22.2 Å². The van der Waals surface area contributed by atoms with E-state index in [9.17, 15) is 4.79 Å². The van der Waals surface area contributed by atoms with Gasteiger partial charge in [-0.05, 0) is 29.8 Å². The van der Waals surface area contributed by atoms with E-state index in [0.29, 0.717) is 17.9 Å². The molecule has 0 spiro atoms. The molecule has 5 nitrogen and oxygen atoms in total. The maximum absolute atomic E-state index is 13.7. The predicted octanol–water partition coefficient (Wildman–Crippen LogP) is 5.79. The quantitative estimate of drug-likeness (QED) is 0.397. The second kappa shape index (κ2) is 8.37. The summed E-state index contributed by atoms with van der Waals surface area (Å²) < 4.78 is 0. The smallest absolute Gasteiger partial charge is 0.279 e. The summed E-state index contributed by atoms with van der Waals surface area (Å²) in [5.41, 5.74) is 4.88. The van der Waals surface area contributed by atoms with Gasteiger partial charge in [0.25, 0.3) is 5.91 Å². The van der Waals surface area contributed by atoms with E-state index < -0.39 is 0 Å². The first-order valence-electron chi connectivity index (χ1n) is 11.1. The molecule has 0 saturated carbocycles. The number of hydrogen-bond acceptors (Lipinski definition) is 3. The second-order valence-corrected chi connectivity index (χ2v) is 8.13. The molecule has 0 atom stereocenters. The molecule has 4 aromatic rings. The predicted molar refractivity (Wildman–Crippen MR) is 136 cm³/mol. The average molecular weight is 441 g/mol. The zero-order valence-electron chi connectivity index (χ0n) is 18.3. The van der Waals surface area contributed by atoms with E-state index >= 15 is 0 Å². The fraction of sp³-hybridized carbons (Fsp3) is 0.0345. The maximum Gasteiger partial charge on any atom is 0.279 e. The number of fused-ring (bicyclic) bond motifs is 3. The average Bonchev–Trinajstić information content (AvgIpc) is 3.05. The third-order valence-electron chi connectivity index (χ3n) is 5.96. The van der Waals surface area contributed by atoms with Gasteiger partial charge in [-0.25, -0.2) is 9.98 Å². The summed E-state index contributed by atoms with van der Waals surface area (Å²) in [6, 6.07) is 27.3. The number of pyridine rings is 1. The first-order chi connectivity index (χ1) is 16.8. The number of nitrogens with zero attached hydrogens (tertiary/aromatic N) is 4. The lowest BCUT2D eigenvalue weighted by atomic mass is 10.0. The van der Waals surface area contributed by atoms with Crippen molar-refractivity contribution in [1.29, 1.82) is 0 Å².